The van der Waals surface area contributed by atoms with Crippen molar-refractivity contribution in [2.45, 2.75) is 31.0 Å². The molecule has 0 aliphatic rings. The van der Waals surface area contributed by atoms with Crippen LogP contribution in [0.25, 0.3) is 0 Å². The fourth-order valence-corrected chi connectivity index (χ4v) is 1.73. The van der Waals surface area contributed by atoms with E-state index in [1.807, 2.05) is 5.32 Å². The Balaban J connectivity index is 5.01. The number of hydrogen-bond acceptors (Lipinski definition) is 8. The number of carboxylic acids is 1. The fourth-order valence-electron chi connectivity index (χ4n) is 1.73. The van der Waals surface area contributed by atoms with Gasteiger partial charge in [0.1, 0.15) is 18.1 Å². The van der Waals surface area contributed by atoms with Gasteiger partial charge in [-0.2, -0.15) is 0 Å². The number of primary amides is 1. The van der Waals surface area contributed by atoms with Crippen LogP contribution in [-0.2, 0) is 24.0 Å². The SMILES string of the molecule is NCC(=O)NC(CCC(N)=O)C(=O)NC(CO)C(=O)NC(CO)C(=O)O. The summed E-state index contributed by atoms with van der Waals surface area (Å²) in [5.41, 5.74) is 10.1. The second-order valence-corrected chi connectivity index (χ2v) is 5.15. The van der Waals surface area contributed by atoms with Crippen LogP contribution in [0.15, 0.2) is 0 Å². The summed E-state index contributed by atoms with van der Waals surface area (Å²) in [7, 11) is 0. The molecular weight excluding hydrogens is 354 g/mol. The van der Waals surface area contributed by atoms with E-state index in [1.165, 1.54) is 0 Å². The van der Waals surface area contributed by atoms with Crippen molar-refractivity contribution < 1.29 is 39.3 Å². The first-order chi connectivity index (χ1) is 12.2. The molecule has 4 amide bonds. The van der Waals surface area contributed by atoms with Gasteiger partial charge in [-0.05, 0) is 6.42 Å². The summed E-state index contributed by atoms with van der Waals surface area (Å²) >= 11 is 0. The van der Waals surface area contributed by atoms with Gasteiger partial charge in [0, 0.05) is 6.42 Å². The summed E-state index contributed by atoms with van der Waals surface area (Å²) in [6.07, 6.45) is -0.425. The van der Waals surface area contributed by atoms with Crippen molar-refractivity contribution in [2.24, 2.45) is 11.5 Å². The van der Waals surface area contributed by atoms with Crippen molar-refractivity contribution >= 4 is 29.6 Å². The molecule has 0 saturated heterocycles. The Kier molecular flexibility index (Phi) is 10.5. The molecule has 0 saturated carbocycles. The molecule has 0 aromatic heterocycles. The van der Waals surface area contributed by atoms with E-state index < -0.39 is 67.5 Å². The van der Waals surface area contributed by atoms with Gasteiger partial charge in [-0.1, -0.05) is 0 Å². The largest absolute Gasteiger partial charge is 0.480 e. The number of aliphatic carboxylic acids is 1. The Morgan fingerprint density at radius 2 is 1.35 bits per heavy atom. The van der Waals surface area contributed by atoms with Crippen LogP contribution < -0.4 is 27.4 Å². The molecule has 10 N–H and O–H groups in total. The Hall–Kier alpha value is -2.77. The molecule has 0 aliphatic heterocycles. The van der Waals surface area contributed by atoms with Crippen LogP contribution in [0, 0.1) is 0 Å². The normalized spacial score (nSPS) is 13.8. The summed E-state index contributed by atoms with van der Waals surface area (Å²) in [6, 6.07) is -4.44. The highest BCUT2D eigenvalue weighted by atomic mass is 16.4. The molecule has 0 rings (SSSR count). The Morgan fingerprint density at radius 3 is 1.77 bits per heavy atom. The van der Waals surface area contributed by atoms with Gasteiger partial charge in [0.25, 0.3) is 0 Å². The molecule has 13 nitrogen and oxygen atoms in total. The molecule has 148 valence electrons. The number of nitrogens with one attached hydrogen (secondary N) is 3. The van der Waals surface area contributed by atoms with Gasteiger partial charge in [0.15, 0.2) is 0 Å². The number of carboxylic acid groups (broad SMARTS) is 1. The van der Waals surface area contributed by atoms with Crippen molar-refractivity contribution in [1.82, 2.24) is 16.0 Å². The zero-order valence-corrected chi connectivity index (χ0v) is 13.8. The van der Waals surface area contributed by atoms with Crippen LogP contribution in [0.3, 0.4) is 0 Å². The van der Waals surface area contributed by atoms with E-state index in [0.29, 0.717) is 0 Å². The van der Waals surface area contributed by atoms with Crippen LogP contribution in [0.4, 0.5) is 0 Å². The van der Waals surface area contributed by atoms with Gasteiger partial charge in [-0.3, -0.25) is 19.2 Å². The minimum absolute atomic E-state index is 0.179. The Bertz CT molecular complexity index is 541. The molecule has 13 heteroatoms. The number of aliphatic hydroxyl groups excluding tert-OH is 2. The zero-order chi connectivity index (χ0) is 20.3. The lowest BCUT2D eigenvalue weighted by Gasteiger charge is -2.22. The smallest absolute Gasteiger partial charge is 0.328 e. The Morgan fingerprint density at radius 1 is 0.846 bits per heavy atom. The van der Waals surface area contributed by atoms with E-state index in [1.54, 1.807) is 0 Å². The molecule has 0 aromatic rings. The van der Waals surface area contributed by atoms with E-state index >= 15 is 0 Å². The topological polar surface area (TPSA) is 234 Å². The average Bonchev–Trinajstić information content (AvgIpc) is 2.59. The zero-order valence-electron chi connectivity index (χ0n) is 13.8. The quantitative estimate of drug-likeness (QED) is 0.162. The summed E-state index contributed by atoms with van der Waals surface area (Å²) in [4.78, 5) is 57.1. The molecule has 0 bridgehead atoms. The van der Waals surface area contributed by atoms with E-state index in [4.69, 9.17) is 21.7 Å². The minimum Gasteiger partial charge on any atom is -0.480 e. The first kappa shape index (κ1) is 23.2. The minimum atomic E-state index is -1.63. The van der Waals surface area contributed by atoms with Gasteiger partial charge in [0.05, 0.1) is 19.8 Å². The highest BCUT2D eigenvalue weighted by Gasteiger charge is 2.28. The van der Waals surface area contributed by atoms with E-state index in [9.17, 15) is 29.1 Å². The molecule has 0 aliphatic carbocycles. The van der Waals surface area contributed by atoms with Gasteiger partial charge in [-0.25, -0.2) is 4.79 Å². The van der Waals surface area contributed by atoms with Crippen molar-refractivity contribution in [3.8, 4) is 0 Å². The molecule has 0 heterocycles. The number of carbonyl (C=O) groups is 5. The highest BCUT2D eigenvalue weighted by molar-refractivity contribution is 5.93. The van der Waals surface area contributed by atoms with Crippen molar-refractivity contribution in [2.75, 3.05) is 19.8 Å². The Labute approximate surface area is 148 Å². The third-order valence-corrected chi connectivity index (χ3v) is 3.13. The second-order valence-electron chi connectivity index (χ2n) is 5.15. The molecule has 0 spiro atoms. The lowest BCUT2D eigenvalue weighted by atomic mass is 10.1. The lowest BCUT2D eigenvalue weighted by Crippen LogP contribution is -2.57. The van der Waals surface area contributed by atoms with E-state index in [0.717, 1.165) is 0 Å². The third-order valence-electron chi connectivity index (χ3n) is 3.13. The fraction of sp³-hybridized carbons (Fsp3) is 0.615. The van der Waals surface area contributed by atoms with Crippen LogP contribution in [0.1, 0.15) is 12.8 Å². The van der Waals surface area contributed by atoms with Crippen LogP contribution in [0.2, 0.25) is 0 Å². The number of amides is 4. The molecular formula is C13H23N5O8. The molecule has 3 atom stereocenters. The summed E-state index contributed by atoms with van der Waals surface area (Å²) in [6.45, 7) is -2.22. The predicted molar refractivity (Wildman–Crippen MR) is 85.1 cm³/mol. The monoisotopic (exact) mass is 377 g/mol. The molecule has 0 fully saturated rings. The average molecular weight is 377 g/mol. The summed E-state index contributed by atoms with van der Waals surface area (Å²) in [5.74, 6) is -4.93. The number of rotatable bonds is 12. The van der Waals surface area contributed by atoms with Crippen LogP contribution in [-0.4, -0.2) is 82.8 Å². The van der Waals surface area contributed by atoms with E-state index in [2.05, 4.69) is 10.6 Å². The number of carbonyl (C=O) groups excluding carboxylic acids is 4. The van der Waals surface area contributed by atoms with Crippen LogP contribution >= 0.6 is 0 Å². The number of hydrogen-bond donors (Lipinski definition) is 8. The van der Waals surface area contributed by atoms with E-state index in [-0.39, 0.29) is 12.8 Å². The van der Waals surface area contributed by atoms with Crippen molar-refractivity contribution in [1.29, 1.82) is 0 Å². The predicted octanol–water partition coefficient (Wildman–Crippen LogP) is -5.27. The summed E-state index contributed by atoms with van der Waals surface area (Å²) < 4.78 is 0. The third kappa shape index (κ3) is 8.36. The number of aliphatic hydroxyl groups is 2. The molecule has 0 aromatic carbocycles. The standard InChI is InChI=1S/C13H23N5O8/c14-3-10(22)16-6(1-2-9(15)21)11(23)17-7(4-19)12(24)18-8(5-20)13(25)26/h6-8,19-20H,1-5,14H2,(H2,15,21)(H,16,22)(H,17,23)(H,18,24)(H,25,26). The highest BCUT2D eigenvalue weighted by Crippen LogP contribution is 1.99. The van der Waals surface area contributed by atoms with Crippen molar-refractivity contribution in [3.63, 3.8) is 0 Å². The van der Waals surface area contributed by atoms with Crippen LogP contribution in [0.5, 0.6) is 0 Å². The van der Waals surface area contributed by atoms with Gasteiger partial charge in [0.2, 0.25) is 23.6 Å². The molecule has 3 unspecified atom stereocenters. The maximum atomic E-state index is 12.2. The second kappa shape index (κ2) is 11.7. The molecule has 0 radical (unpaired) electrons. The first-order valence-electron chi connectivity index (χ1n) is 7.49. The van der Waals surface area contributed by atoms with Gasteiger partial charge in [-0.15, -0.1) is 0 Å². The lowest BCUT2D eigenvalue weighted by molar-refractivity contribution is -0.143. The van der Waals surface area contributed by atoms with Gasteiger partial charge < -0.3 is 42.7 Å². The first-order valence-corrected chi connectivity index (χ1v) is 7.49. The maximum Gasteiger partial charge on any atom is 0.328 e. The molecule has 26 heavy (non-hydrogen) atoms. The number of nitrogens with two attached hydrogens (primary N) is 2. The maximum absolute atomic E-state index is 12.2. The summed E-state index contributed by atoms with van der Waals surface area (Å²) in [5, 5.41) is 33.1. The van der Waals surface area contributed by atoms with Gasteiger partial charge >= 0.3 is 5.97 Å². The van der Waals surface area contributed by atoms with Crippen molar-refractivity contribution in [3.05, 3.63) is 0 Å².